The predicted molar refractivity (Wildman–Crippen MR) is 76.1 cm³/mol. The lowest BCUT2D eigenvalue weighted by atomic mass is 9.96. The molecule has 2 unspecified atom stereocenters. The maximum Gasteiger partial charge on any atom is 0.217 e. The summed E-state index contributed by atoms with van der Waals surface area (Å²) in [7, 11) is -3.11. The van der Waals surface area contributed by atoms with E-state index in [2.05, 4.69) is 26.1 Å². The average molecular weight is 276 g/mol. The summed E-state index contributed by atoms with van der Waals surface area (Å²) in [5.41, 5.74) is 0. The molecule has 1 rings (SSSR count). The molecule has 0 aromatic carbocycles. The highest BCUT2D eigenvalue weighted by Crippen LogP contribution is 2.26. The number of hydrogen-bond donors (Lipinski definition) is 1. The van der Waals surface area contributed by atoms with Gasteiger partial charge in [-0.1, -0.05) is 20.8 Å². The van der Waals surface area contributed by atoms with Crippen LogP contribution >= 0.6 is 0 Å². The first kappa shape index (κ1) is 15.9. The van der Waals surface area contributed by atoms with Gasteiger partial charge in [0.2, 0.25) is 10.0 Å². The Labute approximate surface area is 112 Å². The molecule has 0 saturated carbocycles. The van der Waals surface area contributed by atoms with E-state index in [4.69, 9.17) is 0 Å². The van der Waals surface area contributed by atoms with Gasteiger partial charge in [0.05, 0.1) is 5.25 Å². The molecule has 1 saturated heterocycles. The van der Waals surface area contributed by atoms with Gasteiger partial charge in [0.25, 0.3) is 0 Å². The highest BCUT2D eigenvalue weighted by molar-refractivity contribution is 7.89. The summed E-state index contributed by atoms with van der Waals surface area (Å²) < 4.78 is 26.5. The van der Waals surface area contributed by atoms with Crippen LogP contribution in [0.4, 0.5) is 0 Å². The van der Waals surface area contributed by atoms with E-state index in [0.717, 1.165) is 19.4 Å². The Kier molecular flexibility index (Phi) is 6.08. The molecule has 1 aliphatic heterocycles. The lowest BCUT2D eigenvalue weighted by Gasteiger charge is -2.22. The third-order valence-electron chi connectivity index (χ3n) is 3.86. The molecule has 0 spiro atoms. The van der Waals surface area contributed by atoms with Crippen LogP contribution in [0.1, 0.15) is 40.5 Å². The zero-order chi connectivity index (χ0) is 13.8. The summed E-state index contributed by atoms with van der Waals surface area (Å²) in [5, 5.41) is 2.87. The van der Waals surface area contributed by atoms with Crippen molar-refractivity contribution < 1.29 is 8.42 Å². The highest BCUT2D eigenvalue weighted by atomic mass is 32.2. The lowest BCUT2D eigenvalue weighted by Crippen LogP contribution is -2.41. The number of hydrogen-bond acceptors (Lipinski definition) is 3. The van der Waals surface area contributed by atoms with Crippen LogP contribution in [-0.2, 0) is 10.0 Å². The van der Waals surface area contributed by atoms with E-state index in [0.29, 0.717) is 31.5 Å². The fraction of sp³-hybridized carbons (Fsp3) is 1.00. The maximum absolute atomic E-state index is 12.4. The molecule has 0 aliphatic carbocycles. The van der Waals surface area contributed by atoms with E-state index < -0.39 is 10.0 Å². The van der Waals surface area contributed by atoms with Gasteiger partial charge in [-0.05, 0) is 38.1 Å². The van der Waals surface area contributed by atoms with Gasteiger partial charge in [-0.3, -0.25) is 0 Å². The van der Waals surface area contributed by atoms with E-state index in [1.165, 1.54) is 0 Å². The smallest absolute Gasteiger partial charge is 0.217 e. The van der Waals surface area contributed by atoms with Crippen molar-refractivity contribution in [2.45, 2.75) is 45.8 Å². The summed E-state index contributed by atoms with van der Waals surface area (Å²) in [6.07, 6.45) is 2.04. The molecule has 2 atom stereocenters. The standard InChI is InChI=1S/C13H28N2O2S/c1-5-7-14-9-12(4)18(16,17)15-8-6-13(10-15)11(2)3/h11-14H,5-10H2,1-4H3. The molecular weight excluding hydrogens is 248 g/mol. The van der Waals surface area contributed by atoms with Gasteiger partial charge in [0.1, 0.15) is 0 Å². The summed E-state index contributed by atoms with van der Waals surface area (Å²) in [4.78, 5) is 0. The molecule has 0 radical (unpaired) electrons. The Bertz CT molecular complexity index is 341. The first-order valence-electron chi connectivity index (χ1n) is 7.09. The van der Waals surface area contributed by atoms with Crippen LogP contribution in [0.5, 0.6) is 0 Å². The molecule has 1 heterocycles. The van der Waals surface area contributed by atoms with Crippen LogP contribution in [0, 0.1) is 11.8 Å². The minimum atomic E-state index is -3.11. The van der Waals surface area contributed by atoms with Gasteiger partial charge in [-0.25, -0.2) is 12.7 Å². The first-order chi connectivity index (χ1) is 8.39. The Balaban J connectivity index is 2.53. The second-order valence-corrected chi connectivity index (χ2v) is 8.06. The zero-order valence-corrected chi connectivity index (χ0v) is 13.0. The fourth-order valence-electron chi connectivity index (χ4n) is 2.37. The quantitative estimate of drug-likeness (QED) is 0.720. The monoisotopic (exact) mass is 276 g/mol. The van der Waals surface area contributed by atoms with Crippen molar-refractivity contribution in [1.82, 2.24) is 9.62 Å². The molecule has 108 valence electrons. The minimum absolute atomic E-state index is 0.324. The second-order valence-electron chi connectivity index (χ2n) is 5.71. The molecule has 5 heteroatoms. The molecule has 0 bridgehead atoms. The molecule has 1 aliphatic rings. The van der Waals surface area contributed by atoms with Gasteiger partial charge in [0, 0.05) is 19.6 Å². The van der Waals surface area contributed by atoms with Gasteiger partial charge < -0.3 is 5.32 Å². The largest absolute Gasteiger partial charge is 0.315 e. The molecule has 1 fully saturated rings. The molecule has 0 amide bonds. The van der Waals surface area contributed by atoms with Gasteiger partial charge in [-0.15, -0.1) is 0 Å². The number of nitrogens with one attached hydrogen (secondary N) is 1. The summed E-state index contributed by atoms with van der Waals surface area (Å²) in [6, 6.07) is 0. The molecule has 18 heavy (non-hydrogen) atoms. The van der Waals surface area contributed by atoms with Crippen molar-refractivity contribution in [3.63, 3.8) is 0 Å². The Morgan fingerprint density at radius 1 is 1.33 bits per heavy atom. The Morgan fingerprint density at radius 3 is 2.50 bits per heavy atom. The fourth-order valence-corrected chi connectivity index (χ4v) is 3.97. The van der Waals surface area contributed by atoms with E-state index in [1.807, 2.05) is 0 Å². The Hall–Kier alpha value is -0.130. The molecular formula is C13H28N2O2S. The number of rotatable bonds is 7. The first-order valence-corrected chi connectivity index (χ1v) is 8.59. The topological polar surface area (TPSA) is 49.4 Å². The van der Waals surface area contributed by atoms with E-state index >= 15 is 0 Å². The predicted octanol–water partition coefficient (Wildman–Crippen LogP) is 1.68. The van der Waals surface area contributed by atoms with Crippen molar-refractivity contribution in [2.75, 3.05) is 26.2 Å². The number of nitrogens with zero attached hydrogens (tertiary/aromatic N) is 1. The van der Waals surface area contributed by atoms with Crippen LogP contribution < -0.4 is 5.32 Å². The highest BCUT2D eigenvalue weighted by Gasteiger charge is 2.35. The molecule has 0 aromatic heterocycles. The van der Waals surface area contributed by atoms with Crippen LogP contribution in [0.3, 0.4) is 0 Å². The van der Waals surface area contributed by atoms with Crippen LogP contribution in [0.15, 0.2) is 0 Å². The van der Waals surface area contributed by atoms with Crippen LogP contribution in [-0.4, -0.2) is 44.2 Å². The van der Waals surface area contributed by atoms with Gasteiger partial charge in [0.15, 0.2) is 0 Å². The van der Waals surface area contributed by atoms with Crippen molar-refractivity contribution in [1.29, 1.82) is 0 Å². The van der Waals surface area contributed by atoms with Gasteiger partial charge >= 0.3 is 0 Å². The third-order valence-corrected chi connectivity index (χ3v) is 6.09. The van der Waals surface area contributed by atoms with Gasteiger partial charge in [-0.2, -0.15) is 0 Å². The SMILES string of the molecule is CCCNCC(C)S(=O)(=O)N1CCC(C(C)C)C1. The van der Waals surface area contributed by atoms with Crippen molar-refractivity contribution in [3.8, 4) is 0 Å². The normalized spacial score (nSPS) is 23.7. The second kappa shape index (κ2) is 6.87. The molecule has 0 aromatic rings. The zero-order valence-electron chi connectivity index (χ0n) is 12.1. The summed E-state index contributed by atoms with van der Waals surface area (Å²) in [5.74, 6) is 1.09. The summed E-state index contributed by atoms with van der Waals surface area (Å²) in [6.45, 7) is 11.1. The third kappa shape index (κ3) is 3.93. The molecule has 4 nitrogen and oxygen atoms in total. The summed E-state index contributed by atoms with van der Waals surface area (Å²) >= 11 is 0. The van der Waals surface area contributed by atoms with Crippen molar-refractivity contribution in [2.24, 2.45) is 11.8 Å². The van der Waals surface area contributed by atoms with Crippen LogP contribution in [0.25, 0.3) is 0 Å². The number of sulfonamides is 1. The molecule has 1 N–H and O–H groups in total. The van der Waals surface area contributed by atoms with E-state index in [1.54, 1.807) is 11.2 Å². The lowest BCUT2D eigenvalue weighted by molar-refractivity contribution is 0.386. The van der Waals surface area contributed by atoms with Crippen LogP contribution in [0.2, 0.25) is 0 Å². The average Bonchev–Trinajstić information content (AvgIpc) is 2.79. The minimum Gasteiger partial charge on any atom is -0.315 e. The van der Waals surface area contributed by atoms with Crippen molar-refractivity contribution >= 4 is 10.0 Å². The maximum atomic E-state index is 12.4. The van der Waals surface area contributed by atoms with Crippen molar-refractivity contribution in [3.05, 3.63) is 0 Å². The Morgan fingerprint density at radius 2 is 2.00 bits per heavy atom. The van der Waals surface area contributed by atoms with E-state index in [9.17, 15) is 8.42 Å². The van der Waals surface area contributed by atoms with E-state index in [-0.39, 0.29) is 5.25 Å².